The van der Waals surface area contributed by atoms with E-state index in [4.69, 9.17) is 4.74 Å². The topological polar surface area (TPSA) is 41.6 Å². The zero-order valence-electron chi connectivity index (χ0n) is 14.4. The van der Waals surface area contributed by atoms with E-state index in [1.807, 2.05) is 56.3 Å². The third-order valence-electron chi connectivity index (χ3n) is 4.26. The molecule has 1 heterocycles. The molecule has 0 aliphatic carbocycles. The van der Waals surface area contributed by atoms with Crippen LogP contribution in [0, 0.1) is 6.92 Å². The number of rotatable bonds is 3. The van der Waals surface area contributed by atoms with Crippen molar-refractivity contribution in [3.63, 3.8) is 0 Å². The highest BCUT2D eigenvalue weighted by atomic mass is 79.9. The van der Waals surface area contributed by atoms with Crippen molar-refractivity contribution in [2.45, 2.75) is 6.92 Å². The molecule has 0 spiro atoms. The van der Waals surface area contributed by atoms with Gasteiger partial charge in [0.1, 0.15) is 5.75 Å². The van der Waals surface area contributed by atoms with Gasteiger partial charge < -0.3 is 15.0 Å². The van der Waals surface area contributed by atoms with E-state index in [2.05, 4.69) is 37.2 Å². The van der Waals surface area contributed by atoms with Gasteiger partial charge in [-0.3, -0.25) is 4.79 Å². The second-order valence-electron chi connectivity index (χ2n) is 6.05. The lowest BCUT2D eigenvalue weighted by molar-refractivity contribution is -0.110. The molecule has 0 saturated heterocycles. The molecule has 2 aromatic carbocycles. The Kier molecular flexibility index (Phi) is 4.93. The molecule has 1 N–H and O–H groups in total. The van der Waals surface area contributed by atoms with Crippen LogP contribution in [0.25, 0.3) is 11.6 Å². The van der Waals surface area contributed by atoms with Crippen molar-refractivity contribution >= 4 is 60.8 Å². The van der Waals surface area contributed by atoms with Crippen molar-refractivity contribution in [1.82, 2.24) is 0 Å². The van der Waals surface area contributed by atoms with Crippen LogP contribution in [-0.4, -0.2) is 27.1 Å². The lowest BCUT2D eigenvalue weighted by atomic mass is 9.99. The van der Waals surface area contributed by atoms with Gasteiger partial charge in [-0.15, -0.1) is 0 Å². The Hall–Kier alpha value is -1.79. The molecule has 0 saturated carbocycles. The molecule has 4 nitrogen and oxygen atoms in total. The highest BCUT2D eigenvalue weighted by molar-refractivity contribution is 9.11. The third kappa shape index (κ3) is 3.20. The van der Waals surface area contributed by atoms with Crippen LogP contribution in [0.2, 0.25) is 0 Å². The molecule has 0 aromatic heterocycles. The number of hydrogen-bond donors (Lipinski definition) is 1. The number of halogens is 2. The van der Waals surface area contributed by atoms with Gasteiger partial charge in [-0.1, -0.05) is 15.9 Å². The maximum Gasteiger partial charge on any atom is 0.256 e. The van der Waals surface area contributed by atoms with Crippen LogP contribution in [0.5, 0.6) is 5.75 Å². The number of benzene rings is 2. The fourth-order valence-electron chi connectivity index (χ4n) is 2.86. The predicted octanol–water partition coefficient (Wildman–Crippen LogP) is 5.09. The Morgan fingerprint density at radius 1 is 1.16 bits per heavy atom. The number of amides is 1. The number of carbonyl (C=O) groups is 1. The maximum absolute atomic E-state index is 12.6. The summed E-state index contributed by atoms with van der Waals surface area (Å²) in [6, 6.07) is 7.88. The molecule has 0 unspecified atom stereocenters. The molecular formula is C19H18Br2N2O2. The number of nitrogens with one attached hydrogen (secondary N) is 1. The van der Waals surface area contributed by atoms with E-state index in [-0.39, 0.29) is 5.91 Å². The number of ether oxygens (including phenoxy) is 1. The van der Waals surface area contributed by atoms with Gasteiger partial charge in [0.05, 0.1) is 18.4 Å². The molecule has 0 fully saturated rings. The van der Waals surface area contributed by atoms with Crippen molar-refractivity contribution in [3.8, 4) is 5.75 Å². The molecule has 130 valence electrons. The Morgan fingerprint density at radius 2 is 1.88 bits per heavy atom. The summed E-state index contributed by atoms with van der Waals surface area (Å²) in [6.45, 7) is 2.00. The summed E-state index contributed by atoms with van der Waals surface area (Å²) in [6.07, 6.45) is 1.88. The Morgan fingerprint density at radius 3 is 2.52 bits per heavy atom. The zero-order valence-corrected chi connectivity index (χ0v) is 17.6. The second-order valence-corrected chi connectivity index (χ2v) is 7.76. The summed E-state index contributed by atoms with van der Waals surface area (Å²) < 4.78 is 7.33. The monoisotopic (exact) mass is 464 g/mol. The molecule has 0 radical (unpaired) electrons. The largest absolute Gasteiger partial charge is 0.496 e. The first-order valence-electron chi connectivity index (χ1n) is 7.71. The van der Waals surface area contributed by atoms with E-state index in [0.717, 1.165) is 42.8 Å². The number of hydrogen-bond acceptors (Lipinski definition) is 3. The highest BCUT2D eigenvalue weighted by Crippen LogP contribution is 2.44. The number of methoxy groups -OCH3 is 1. The number of nitrogens with zero attached hydrogens (tertiary/aromatic N) is 1. The number of fused-ring (bicyclic) bond motifs is 1. The Bertz CT molecular complexity index is 905. The molecule has 6 heteroatoms. The maximum atomic E-state index is 12.6. The molecule has 2 aromatic rings. The third-order valence-corrected chi connectivity index (χ3v) is 5.71. The van der Waals surface area contributed by atoms with Crippen LogP contribution in [0.15, 0.2) is 33.2 Å². The molecule has 1 aliphatic rings. The molecular weight excluding hydrogens is 448 g/mol. The minimum atomic E-state index is -0.115. The molecule has 3 rings (SSSR count). The van der Waals surface area contributed by atoms with Crippen LogP contribution in [0.3, 0.4) is 0 Å². The molecule has 0 atom stereocenters. The fourth-order valence-corrected chi connectivity index (χ4v) is 4.12. The van der Waals surface area contributed by atoms with E-state index in [9.17, 15) is 4.79 Å². The summed E-state index contributed by atoms with van der Waals surface area (Å²) in [7, 11) is 5.59. The fraction of sp³-hybridized carbons (Fsp3) is 0.211. The first-order chi connectivity index (χ1) is 11.8. The Labute approximate surface area is 164 Å². The highest BCUT2D eigenvalue weighted by Gasteiger charge is 2.29. The van der Waals surface area contributed by atoms with E-state index in [0.29, 0.717) is 5.57 Å². The van der Waals surface area contributed by atoms with Crippen LogP contribution in [0.4, 0.5) is 11.4 Å². The van der Waals surface area contributed by atoms with Crippen molar-refractivity contribution in [2.75, 3.05) is 31.4 Å². The minimum Gasteiger partial charge on any atom is -0.496 e. The van der Waals surface area contributed by atoms with Crippen molar-refractivity contribution in [3.05, 3.63) is 49.9 Å². The molecule has 1 aliphatic heterocycles. The first kappa shape index (κ1) is 18.0. The van der Waals surface area contributed by atoms with Crippen LogP contribution >= 0.6 is 31.9 Å². The van der Waals surface area contributed by atoms with Gasteiger partial charge in [-0.2, -0.15) is 0 Å². The van der Waals surface area contributed by atoms with E-state index in [1.54, 1.807) is 7.11 Å². The van der Waals surface area contributed by atoms with Gasteiger partial charge in [0.15, 0.2) is 0 Å². The van der Waals surface area contributed by atoms with Gasteiger partial charge >= 0.3 is 0 Å². The average Bonchev–Trinajstić information content (AvgIpc) is 2.90. The SMILES string of the molecule is COc1cc(N(C)C)ccc1C=C1C(=O)Nc2c(Br)cc(Br)c(C)c21. The molecule has 0 bridgehead atoms. The van der Waals surface area contributed by atoms with Crippen LogP contribution < -0.4 is 15.0 Å². The van der Waals surface area contributed by atoms with E-state index in [1.165, 1.54) is 0 Å². The Balaban J connectivity index is 2.18. The lowest BCUT2D eigenvalue weighted by Crippen LogP contribution is -2.08. The van der Waals surface area contributed by atoms with Gasteiger partial charge in [-0.25, -0.2) is 0 Å². The number of carbonyl (C=O) groups excluding carboxylic acids is 1. The van der Waals surface area contributed by atoms with Gasteiger partial charge in [0.2, 0.25) is 0 Å². The second kappa shape index (κ2) is 6.84. The van der Waals surface area contributed by atoms with Crippen molar-refractivity contribution in [1.29, 1.82) is 0 Å². The zero-order chi connectivity index (χ0) is 18.3. The summed E-state index contributed by atoms with van der Waals surface area (Å²) in [5.74, 6) is 0.613. The van der Waals surface area contributed by atoms with E-state index >= 15 is 0 Å². The molecule has 1 amide bonds. The predicted molar refractivity (Wildman–Crippen MR) is 110 cm³/mol. The minimum absolute atomic E-state index is 0.115. The van der Waals surface area contributed by atoms with Crippen LogP contribution in [-0.2, 0) is 4.79 Å². The van der Waals surface area contributed by atoms with Gasteiger partial charge in [0.25, 0.3) is 5.91 Å². The van der Waals surface area contributed by atoms with E-state index < -0.39 is 0 Å². The first-order valence-corrected chi connectivity index (χ1v) is 9.29. The summed E-state index contributed by atoms with van der Waals surface area (Å²) >= 11 is 7.08. The molecule has 25 heavy (non-hydrogen) atoms. The summed E-state index contributed by atoms with van der Waals surface area (Å²) in [5.41, 5.74) is 5.27. The van der Waals surface area contributed by atoms with Gasteiger partial charge in [0, 0.05) is 45.9 Å². The average molecular weight is 466 g/mol. The normalized spacial score (nSPS) is 14.5. The summed E-state index contributed by atoms with van der Waals surface area (Å²) in [4.78, 5) is 14.6. The quantitative estimate of drug-likeness (QED) is 0.642. The standard InChI is InChI=1S/C19H18Br2N2O2/c1-10-14(20)9-15(21)18-17(10)13(19(24)22-18)7-11-5-6-12(23(2)3)8-16(11)25-4/h5-9H,1-4H3,(H,22,24). The number of anilines is 2. The smallest absolute Gasteiger partial charge is 0.256 e. The lowest BCUT2D eigenvalue weighted by Gasteiger charge is -2.15. The van der Waals surface area contributed by atoms with Gasteiger partial charge in [-0.05, 0) is 52.7 Å². The van der Waals surface area contributed by atoms with Crippen LogP contribution in [0.1, 0.15) is 16.7 Å². The summed E-state index contributed by atoms with van der Waals surface area (Å²) in [5, 5.41) is 2.95. The van der Waals surface area contributed by atoms with Crippen molar-refractivity contribution in [2.24, 2.45) is 0 Å². The van der Waals surface area contributed by atoms with Crippen molar-refractivity contribution < 1.29 is 9.53 Å².